The Morgan fingerprint density at radius 1 is 0.538 bits per heavy atom. The Hall–Kier alpha value is -5.98. The van der Waals surface area contributed by atoms with E-state index in [1.165, 1.54) is 0 Å². The van der Waals surface area contributed by atoms with E-state index in [2.05, 4.69) is 6.58 Å². The van der Waals surface area contributed by atoms with Crippen molar-refractivity contribution in [3.63, 3.8) is 0 Å². The van der Waals surface area contributed by atoms with Gasteiger partial charge < -0.3 is 28.8 Å². The molecule has 0 unspecified atom stereocenters. The van der Waals surface area contributed by atoms with Crippen molar-refractivity contribution < 1.29 is 28.8 Å². The molecular weight excluding hydrogens is 649 g/mol. The molecule has 6 heteroatoms. The van der Waals surface area contributed by atoms with Crippen molar-refractivity contribution >= 4 is 0 Å². The molecule has 0 bridgehead atoms. The van der Waals surface area contributed by atoms with Gasteiger partial charge in [-0.15, -0.1) is 6.58 Å². The van der Waals surface area contributed by atoms with Crippen LogP contribution < -0.4 is 23.7 Å². The fourth-order valence-corrected chi connectivity index (χ4v) is 6.41. The normalized spacial score (nSPS) is 16.2. The molecule has 0 saturated carbocycles. The minimum absolute atomic E-state index is 0.350. The third-order valence-corrected chi connectivity index (χ3v) is 9.10. The van der Waals surface area contributed by atoms with E-state index in [4.69, 9.17) is 23.7 Å². The molecule has 52 heavy (non-hydrogen) atoms. The summed E-state index contributed by atoms with van der Waals surface area (Å²) in [4.78, 5) is 0. The molecule has 1 aliphatic heterocycles. The van der Waals surface area contributed by atoms with E-state index in [9.17, 15) is 5.11 Å². The molecule has 6 aromatic rings. The number of aliphatic hydroxyl groups is 1. The van der Waals surface area contributed by atoms with Crippen LogP contribution in [0.4, 0.5) is 0 Å². The molecule has 262 valence electrons. The minimum atomic E-state index is -0.918. The third kappa shape index (κ3) is 8.48. The molecule has 1 N–H and O–H groups in total. The second-order valence-electron chi connectivity index (χ2n) is 12.8. The van der Waals surface area contributed by atoms with Gasteiger partial charge in [0, 0.05) is 23.6 Å². The van der Waals surface area contributed by atoms with E-state index in [1.807, 2.05) is 158 Å². The zero-order valence-corrected chi connectivity index (χ0v) is 29.0. The highest BCUT2D eigenvalue weighted by Crippen LogP contribution is 2.50. The van der Waals surface area contributed by atoms with Crippen molar-refractivity contribution in [2.45, 2.75) is 51.0 Å². The van der Waals surface area contributed by atoms with Crippen LogP contribution in [0.5, 0.6) is 28.7 Å². The SMILES string of the molecule is C=CC[C@H]1c2c(OCc3ccccc3)cc(OCc3ccccc3)cc2O[C@H](c2ccc(OCc3ccccc3)c(OCc3ccccc3)c2)[C@H]1O. The van der Waals surface area contributed by atoms with E-state index in [-0.39, 0.29) is 5.92 Å². The first-order chi connectivity index (χ1) is 25.6. The highest BCUT2D eigenvalue weighted by molar-refractivity contribution is 5.56. The molecule has 6 nitrogen and oxygen atoms in total. The summed E-state index contributed by atoms with van der Waals surface area (Å²) in [5, 5.41) is 12.1. The summed E-state index contributed by atoms with van der Waals surface area (Å²) in [7, 11) is 0. The van der Waals surface area contributed by atoms with Gasteiger partial charge in [0.05, 0.1) is 0 Å². The van der Waals surface area contributed by atoms with E-state index in [1.54, 1.807) is 0 Å². The quantitative estimate of drug-likeness (QED) is 0.108. The van der Waals surface area contributed by atoms with Crippen LogP contribution in [0, 0.1) is 0 Å². The van der Waals surface area contributed by atoms with Crippen LogP contribution in [-0.4, -0.2) is 11.2 Å². The second kappa shape index (κ2) is 16.8. The Labute approximate surface area is 305 Å². The first kappa shape index (κ1) is 34.5. The smallest absolute Gasteiger partial charge is 0.162 e. The van der Waals surface area contributed by atoms with E-state index in [0.717, 1.165) is 33.4 Å². The van der Waals surface area contributed by atoms with E-state index in [0.29, 0.717) is 61.6 Å². The number of allylic oxidation sites excluding steroid dienone is 1. The molecule has 0 radical (unpaired) electrons. The van der Waals surface area contributed by atoms with Crippen molar-refractivity contribution in [2.75, 3.05) is 0 Å². The number of hydrogen-bond donors (Lipinski definition) is 1. The lowest BCUT2D eigenvalue weighted by Crippen LogP contribution is -2.34. The lowest BCUT2D eigenvalue weighted by atomic mass is 9.82. The van der Waals surface area contributed by atoms with Gasteiger partial charge >= 0.3 is 0 Å². The van der Waals surface area contributed by atoms with Gasteiger partial charge in [-0.3, -0.25) is 0 Å². The van der Waals surface area contributed by atoms with Crippen molar-refractivity contribution in [3.05, 3.63) is 198 Å². The lowest BCUT2D eigenvalue weighted by molar-refractivity contribution is -0.00133. The van der Waals surface area contributed by atoms with Crippen LogP contribution in [0.15, 0.2) is 164 Å². The summed E-state index contributed by atoms with van der Waals surface area (Å²) in [6, 6.07) is 49.6. The maximum atomic E-state index is 12.1. The van der Waals surface area contributed by atoms with Gasteiger partial charge in [-0.2, -0.15) is 0 Å². The molecule has 0 fully saturated rings. The number of hydrogen-bond acceptors (Lipinski definition) is 6. The molecule has 0 amide bonds. The summed E-state index contributed by atoms with van der Waals surface area (Å²) < 4.78 is 32.2. The van der Waals surface area contributed by atoms with Crippen LogP contribution >= 0.6 is 0 Å². The molecular formula is C46H42O6. The standard InChI is InChI=1S/C46H42O6/c1-2-15-39-44-42(51-32-36-22-13-6-14-23-36)27-38(48-29-33-16-7-3-8-17-33)28-43(44)52-46(45(39)47)37-24-25-40(49-30-34-18-9-4-10-19-34)41(26-37)50-31-35-20-11-5-12-21-35/h2-14,16-28,39,45-47H,1,15,29-32H2/t39-,45-,46+/m0/s1. The average Bonchev–Trinajstić information content (AvgIpc) is 3.20. The Balaban J connectivity index is 1.22. The Bertz CT molecular complexity index is 2030. The summed E-state index contributed by atoms with van der Waals surface area (Å²) >= 11 is 0. The predicted molar refractivity (Wildman–Crippen MR) is 203 cm³/mol. The molecule has 6 aromatic carbocycles. The van der Waals surface area contributed by atoms with Gasteiger partial charge in [0.25, 0.3) is 0 Å². The van der Waals surface area contributed by atoms with Gasteiger partial charge in [0.15, 0.2) is 17.6 Å². The van der Waals surface area contributed by atoms with Gasteiger partial charge in [-0.05, 0) is 46.4 Å². The summed E-state index contributed by atoms with van der Waals surface area (Å²) in [6.45, 7) is 5.50. The van der Waals surface area contributed by atoms with Gasteiger partial charge in [-0.25, -0.2) is 0 Å². The Morgan fingerprint density at radius 3 is 1.54 bits per heavy atom. The molecule has 7 rings (SSSR count). The van der Waals surface area contributed by atoms with Crippen LogP contribution in [0.3, 0.4) is 0 Å². The fourth-order valence-electron chi connectivity index (χ4n) is 6.41. The van der Waals surface area contributed by atoms with Crippen LogP contribution in [0.2, 0.25) is 0 Å². The lowest BCUT2D eigenvalue weighted by Gasteiger charge is -2.38. The third-order valence-electron chi connectivity index (χ3n) is 9.10. The molecule has 0 aromatic heterocycles. The molecule has 1 heterocycles. The topological polar surface area (TPSA) is 66.4 Å². The zero-order valence-electron chi connectivity index (χ0n) is 29.0. The van der Waals surface area contributed by atoms with Crippen molar-refractivity contribution in [1.29, 1.82) is 0 Å². The number of rotatable bonds is 15. The summed E-state index contributed by atoms with van der Waals surface area (Å²) in [5.74, 6) is 2.60. The highest BCUT2D eigenvalue weighted by Gasteiger charge is 2.40. The summed E-state index contributed by atoms with van der Waals surface area (Å²) in [6.07, 6.45) is 0.704. The summed E-state index contributed by atoms with van der Waals surface area (Å²) in [5.41, 5.74) is 5.69. The first-order valence-corrected chi connectivity index (χ1v) is 17.6. The predicted octanol–water partition coefficient (Wildman–Crippen LogP) is 10.2. The molecule has 0 aliphatic carbocycles. The Kier molecular flexibility index (Phi) is 11.1. The van der Waals surface area contributed by atoms with Crippen molar-refractivity contribution in [1.82, 2.24) is 0 Å². The molecule has 0 saturated heterocycles. The van der Waals surface area contributed by atoms with Gasteiger partial charge in [0.2, 0.25) is 0 Å². The number of benzene rings is 6. The van der Waals surface area contributed by atoms with Crippen LogP contribution in [0.1, 0.15) is 51.8 Å². The van der Waals surface area contributed by atoms with E-state index >= 15 is 0 Å². The number of aliphatic hydroxyl groups excluding tert-OH is 1. The number of ether oxygens (including phenoxy) is 5. The van der Waals surface area contributed by atoms with Gasteiger partial charge in [-0.1, -0.05) is 133 Å². The average molecular weight is 691 g/mol. The fraction of sp³-hybridized carbons (Fsp3) is 0.174. The molecule has 3 atom stereocenters. The zero-order chi connectivity index (χ0) is 35.5. The maximum Gasteiger partial charge on any atom is 0.162 e. The number of fused-ring (bicyclic) bond motifs is 1. The minimum Gasteiger partial charge on any atom is -0.489 e. The highest BCUT2D eigenvalue weighted by atomic mass is 16.5. The molecule has 1 aliphatic rings. The van der Waals surface area contributed by atoms with Crippen LogP contribution in [0.25, 0.3) is 0 Å². The Morgan fingerprint density at radius 2 is 1.02 bits per heavy atom. The van der Waals surface area contributed by atoms with Crippen LogP contribution in [-0.2, 0) is 26.4 Å². The molecule has 0 spiro atoms. The second-order valence-corrected chi connectivity index (χ2v) is 12.8. The maximum absolute atomic E-state index is 12.1. The van der Waals surface area contributed by atoms with Gasteiger partial charge in [0.1, 0.15) is 49.8 Å². The van der Waals surface area contributed by atoms with Crippen molar-refractivity contribution in [2.24, 2.45) is 0 Å². The first-order valence-electron chi connectivity index (χ1n) is 17.6. The monoisotopic (exact) mass is 690 g/mol. The van der Waals surface area contributed by atoms with E-state index < -0.39 is 12.2 Å². The largest absolute Gasteiger partial charge is 0.489 e. The van der Waals surface area contributed by atoms with Crippen molar-refractivity contribution in [3.8, 4) is 28.7 Å².